The Balaban J connectivity index is 1.34. The molecule has 0 radical (unpaired) electrons. The second kappa shape index (κ2) is 6.45. The van der Waals surface area contributed by atoms with E-state index in [1.54, 1.807) is 7.11 Å². The van der Waals surface area contributed by atoms with Crippen LogP contribution < -0.4 is 15.4 Å². The normalized spacial score (nSPS) is 24.8. The van der Waals surface area contributed by atoms with Crippen molar-refractivity contribution in [1.29, 1.82) is 0 Å². The van der Waals surface area contributed by atoms with Gasteiger partial charge in [0, 0.05) is 36.3 Å². The molecule has 24 heavy (non-hydrogen) atoms. The summed E-state index contributed by atoms with van der Waals surface area (Å²) in [5.41, 5.74) is 8.34. The molecular weight excluding hydrogens is 302 g/mol. The Morgan fingerprint density at radius 2 is 1.83 bits per heavy atom. The number of nitrogen functional groups attached to an aromatic ring is 1. The van der Waals surface area contributed by atoms with Crippen LogP contribution in [0.3, 0.4) is 0 Å². The summed E-state index contributed by atoms with van der Waals surface area (Å²) >= 11 is 0. The molecule has 1 spiro atoms. The molecule has 3 aliphatic rings. The number of benzene rings is 1. The monoisotopic (exact) mass is 331 g/mol. The van der Waals surface area contributed by atoms with Gasteiger partial charge in [-0.05, 0) is 50.9 Å². The molecule has 2 N–H and O–H groups in total. The maximum absolute atomic E-state index is 5.88. The van der Waals surface area contributed by atoms with Gasteiger partial charge in [0.05, 0.1) is 26.0 Å². The van der Waals surface area contributed by atoms with Gasteiger partial charge in [0.15, 0.2) is 0 Å². The van der Waals surface area contributed by atoms with Crippen molar-refractivity contribution in [3.05, 3.63) is 18.2 Å². The smallest absolute Gasteiger partial charge is 0.144 e. The van der Waals surface area contributed by atoms with E-state index in [0.717, 1.165) is 43.8 Å². The molecule has 5 nitrogen and oxygen atoms in total. The van der Waals surface area contributed by atoms with Gasteiger partial charge < -0.3 is 25.0 Å². The highest BCUT2D eigenvalue weighted by Crippen LogP contribution is 2.40. The highest BCUT2D eigenvalue weighted by molar-refractivity contribution is 5.64. The number of hydrogen-bond donors (Lipinski definition) is 1. The molecule has 4 rings (SSSR count). The molecule has 3 heterocycles. The van der Waals surface area contributed by atoms with E-state index < -0.39 is 0 Å². The predicted molar refractivity (Wildman–Crippen MR) is 96.7 cm³/mol. The molecule has 0 aromatic heterocycles. The van der Waals surface area contributed by atoms with Gasteiger partial charge in [-0.15, -0.1) is 0 Å². The van der Waals surface area contributed by atoms with Crippen LogP contribution in [-0.4, -0.2) is 57.4 Å². The van der Waals surface area contributed by atoms with Crippen LogP contribution in [0.15, 0.2) is 18.2 Å². The Bertz CT molecular complexity index is 570. The van der Waals surface area contributed by atoms with Gasteiger partial charge in [-0.3, -0.25) is 0 Å². The lowest BCUT2D eigenvalue weighted by atomic mass is 9.76. The summed E-state index contributed by atoms with van der Waals surface area (Å²) in [4.78, 5) is 5.17. The van der Waals surface area contributed by atoms with E-state index in [4.69, 9.17) is 15.2 Å². The molecule has 132 valence electrons. The third-order valence-electron chi connectivity index (χ3n) is 6.20. The molecule has 0 saturated carbocycles. The summed E-state index contributed by atoms with van der Waals surface area (Å²) in [5, 5.41) is 0. The molecule has 3 aliphatic heterocycles. The van der Waals surface area contributed by atoms with Crippen molar-refractivity contribution in [3.63, 3.8) is 0 Å². The maximum Gasteiger partial charge on any atom is 0.144 e. The number of piperidine rings is 2. The fourth-order valence-electron chi connectivity index (χ4n) is 4.47. The molecule has 1 aromatic carbocycles. The van der Waals surface area contributed by atoms with Crippen LogP contribution in [0.2, 0.25) is 0 Å². The van der Waals surface area contributed by atoms with Gasteiger partial charge in [0.2, 0.25) is 0 Å². The van der Waals surface area contributed by atoms with Gasteiger partial charge in [-0.2, -0.15) is 0 Å². The van der Waals surface area contributed by atoms with E-state index in [1.165, 1.54) is 44.5 Å². The predicted octanol–water partition coefficient (Wildman–Crippen LogP) is 2.36. The number of likely N-dealkylation sites (tertiary alicyclic amines) is 1. The van der Waals surface area contributed by atoms with Crippen LogP contribution in [-0.2, 0) is 4.74 Å². The zero-order valence-electron chi connectivity index (χ0n) is 14.7. The Hall–Kier alpha value is -1.46. The molecule has 0 amide bonds. The zero-order chi connectivity index (χ0) is 16.6. The van der Waals surface area contributed by atoms with E-state index in [-0.39, 0.29) is 0 Å². The zero-order valence-corrected chi connectivity index (χ0v) is 14.7. The molecule has 0 atom stereocenters. The first kappa shape index (κ1) is 16.0. The van der Waals surface area contributed by atoms with Crippen molar-refractivity contribution in [2.75, 3.05) is 57.1 Å². The van der Waals surface area contributed by atoms with E-state index >= 15 is 0 Å². The first-order valence-electron chi connectivity index (χ1n) is 9.19. The minimum Gasteiger partial charge on any atom is -0.495 e. The molecule has 5 heteroatoms. The Labute approximate surface area is 144 Å². The van der Waals surface area contributed by atoms with Crippen LogP contribution >= 0.6 is 0 Å². The average Bonchev–Trinajstić information content (AvgIpc) is 2.60. The van der Waals surface area contributed by atoms with Gasteiger partial charge in [0.25, 0.3) is 0 Å². The third-order valence-corrected chi connectivity index (χ3v) is 6.20. The molecule has 0 bridgehead atoms. The SMILES string of the molecule is COc1cc(N)ccc1N1CCC(N2CCC3(CC2)COC3)CC1. The van der Waals surface area contributed by atoms with E-state index in [9.17, 15) is 0 Å². The Morgan fingerprint density at radius 1 is 1.12 bits per heavy atom. The van der Waals surface area contributed by atoms with E-state index in [1.807, 2.05) is 12.1 Å². The molecular formula is C19H29N3O2. The lowest BCUT2D eigenvalue weighted by Gasteiger charge is -2.50. The average molecular weight is 331 g/mol. The van der Waals surface area contributed by atoms with Crippen molar-refractivity contribution < 1.29 is 9.47 Å². The topological polar surface area (TPSA) is 51.0 Å². The summed E-state index contributed by atoms with van der Waals surface area (Å²) in [7, 11) is 1.72. The van der Waals surface area contributed by atoms with Crippen molar-refractivity contribution in [3.8, 4) is 5.75 Å². The van der Waals surface area contributed by atoms with Crippen molar-refractivity contribution in [2.24, 2.45) is 5.41 Å². The highest BCUT2D eigenvalue weighted by Gasteiger charge is 2.42. The van der Waals surface area contributed by atoms with E-state index in [0.29, 0.717) is 5.41 Å². The largest absolute Gasteiger partial charge is 0.495 e. The number of hydrogen-bond acceptors (Lipinski definition) is 5. The second-order valence-corrected chi connectivity index (χ2v) is 7.68. The van der Waals surface area contributed by atoms with Gasteiger partial charge >= 0.3 is 0 Å². The standard InChI is InChI=1S/C19H29N3O2/c1-23-18-12-15(20)2-3-17(18)22-8-4-16(5-9-22)21-10-6-19(7-11-21)13-24-14-19/h2-3,12,16H,4-11,13-14,20H2,1H3. The van der Waals surface area contributed by atoms with Crippen LogP contribution in [0.25, 0.3) is 0 Å². The van der Waals surface area contributed by atoms with Crippen LogP contribution in [0.1, 0.15) is 25.7 Å². The third kappa shape index (κ3) is 2.95. The first-order valence-corrected chi connectivity index (χ1v) is 9.19. The lowest BCUT2D eigenvalue weighted by Crippen LogP contribution is -2.54. The molecule has 3 saturated heterocycles. The van der Waals surface area contributed by atoms with E-state index in [2.05, 4.69) is 15.9 Å². The minimum absolute atomic E-state index is 0.536. The van der Waals surface area contributed by atoms with Crippen molar-refractivity contribution in [2.45, 2.75) is 31.7 Å². The summed E-state index contributed by atoms with van der Waals surface area (Å²) in [6, 6.07) is 6.72. The van der Waals surface area contributed by atoms with Gasteiger partial charge in [-0.1, -0.05) is 0 Å². The van der Waals surface area contributed by atoms with Crippen LogP contribution in [0.4, 0.5) is 11.4 Å². The Kier molecular flexibility index (Phi) is 4.31. The number of anilines is 2. The van der Waals surface area contributed by atoms with Crippen molar-refractivity contribution in [1.82, 2.24) is 4.90 Å². The Morgan fingerprint density at radius 3 is 2.42 bits per heavy atom. The van der Waals surface area contributed by atoms with Crippen LogP contribution in [0, 0.1) is 5.41 Å². The number of rotatable bonds is 3. The maximum atomic E-state index is 5.88. The number of methoxy groups -OCH3 is 1. The molecule has 3 fully saturated rings. The summed E-state index contributed by atoms with van der Waals surface area (Å²) < 4.78 is 11.0. The number of nitrogens with zero attached hydrogens (tertiary/aromatic N) is 2. The molecule has 1 aromatic rings. The molecule has 0 unspecified atom stereocenters. The van der Waals surface area contributed by atoms with Gasteiger partial charge in [-0.25, -0.2) is 0 Å². The lowest BCUT2D eigenvalue weighted by molar-refractivity contribution is -0.143. The summed E-state index contributed by atoms with van der Waals surface area (Å²) in [6.45, 7) is 6.68. The van der Waals surface area contributed by atoms with Crippen molar-refractivity contribution >= 4 is 11.4 Å². The molecule has 0 aliphatic carbocycles. The highest BCUT2D eigenvalue weighted by atomic mass is 16.5. The second-order valence-electron chi connectivity index (χ2n) is 7.68. The fourth-order valence-corrected chi connectivity index (χ4v) is 4.47. The summed E-state index contributed by atoms with van der Waals surface area (Å²) in [5.74, 6) is 0.887. The quantitative estimate of drug-likeness (QED) is 0.862. The number of ether oxygens (including phenoxy) is 2. The van der Waals surface area contributed by atoms with Gasteiger partial charge in [0.1, 0.15) is 5.75 Å². The van der Waals surface area contributed by atoms with Crippen LogP contribution in [0.5, 0.6) is 5.75 Å². The number of nitrogens with two attached hydrogens (primary N) is 1. The summed E-state index contributed by atoms with van der Waals surface area (Å²) in [6.07, 6.45) is 5.10. The minimum atomic E-state index is 0.536. The fraction of sp³-hybridized carbons (Fsp3) is 0.684. The first-order chi connectivity index (χ1) is 11.7.